The molecule has 0 aromatic heterocycles. The van der Waals surface area contributed by atoms with Crippen molar-refractivity contribution in [2.45, 2.75) is 19.3 Å². The number of aryl methyl sites for hydroxylation is 1. The van der Waals surface area contributed by atoms with E-state index in [0.29, 0.717) is 11.4 Å². The van der Waals surface area contributed by atoms with Crippen LogP contribution in [0, 0.1) is 17.2 Å². The van der Waals surface area contributed by atoms with E-state index in [-0.39, 0.29) is 0 Å². The largest absolute Gasteiger partial charge is 0.468 e. The summed E-state index contributed by atoms with van der Waals surface area (Å²) in [6.07, 6.45) is 2.07. The molecule has 1 atom stereocenters. The predicted octanol–water partition coefficient (Wildman–Crippen LogP) is 2.98. The van der Waals surface area contributed by atoms with Gasteiger partial charge in [-0.3, -0.25) is 4.79 Å². The van der Waals surface area contributed by atoms with Crippen LogP contribution in [-0.4, -0.2) is 13.1 Å². The summed E-state index contributed by atoms with van der Waals surface area (Å²) >= 11 is 5.86. The molecule has 0 fully saturated rings. The van der Waals surface area contributed by atoms with Crippen LogP contribution in [-0.2, 0) is 16.0 Å². The van der Waals surface area contributed by atoms with Gasteiger partial charge in [0.05, 0.1) is 13.2 Å². The third-order valence-corrected chi connectivity index (χ3v) is 2.72. The topological polar surface area (TPSA) is 50.1 Å². The molecule has 1 unspecified atom stereocenters. The summed E-state index contributed by atoms with van der Waals surface area (Å²) in [5.74, 6) is -1.13. The second-order valence-electron chi connectivity index (χ2n) is 3.73. The molecule has 3 nitrogen and oxygen atoms in total. The van der Waals surface area contributed by atoms with Crippen LogP contribution in [0.2, 0.25) is 5.02 Å². The van der Waals surface area contributed by atoms with Crippen molar-refractivity contribution in [3.05, 3.63) is 34.9 Å². The van der Waals surface area contributed by atoms with E-state index in [1.54, 1.807) is 0 Å². The van der Waals surface area contributed by atoms with Gasteiger partial charge in [0, 0.05) is 5.02 Å². The summed E-state index contributed by atoms with van der Waals surface area (Å²) in [6.45, 7) is 0. The molecule has 0 saturated heterocycles. The number of carbonyl (C=O) groups excluding carboxylic acids is 1. The molecule has 4 heteroatoms. The highest BCUT2D eigenvalue weighted by Crippen LogP contribution is 2.15. The van der Waals surface area contributed by atoms with Gasteiger partial charge in [0.15, 0.2) is 0 Å². The number of hydrogen-bond donors (Lipinski definition) is 0. The van der Waals surface area contributed by atoms with E-state index in [2.05, 4.69) is 4.74 Å². The number of methoxy groups -OCH3 is 1. The lowest BCUT2D eigenvalue weighted by atomic mass is 10.0. The van der Waals surface area contributed by atoms with Gasteiger partial charge in [-0.1, -0.05) is 23.7 Å². The van der Waals surface area contributed by atoms with Crippen LogP contribution < -0.4 is 0 Å². The number of ether oxygens (including phenoxy) is 1. The molecule has 1 aromatic rings. The number of rotatable bonds is 5. The smallest absolute Gasteiger partial charge is 0.323 e. The van der Waals surface area contributed by atoms with Crippen molar-refractivity contribution < 1.29 is 9.53 Å². The number of hydrogen-bond acceptors (Lipinski definition) is 3. The molecule has 0 bridgehead atoms. The highest BCUT2D eigenvalue weighted by Gasteiger charge is 2.17. The summed E-state index contributed by atoms with van der Waals surface area (Å²) < 4.78 is 4.54. The highest BCUT2D eigenvalue weighted by atomic mass is 35.5. The van der Waals surface area contributed by atoms with Crippen molar-refractivity contribution in [2.75, 3.05) is 7.11 Å². The minimum absolute atomic E-state index is 0.460. The number of benzene rings is 1. The fourth-order valence-corrected chi connectivity index (χ4v) is 1.79. The number of nitrogens with zero attached hydrogens (tertiary/aromatic N) is 1. The van der Waals surface area contributed by atoms with Crippen LogP contribution >= 0.6 is 11.6 Å². The van der Waals surface area contributed by atoms with Gasteiger partial charge in [0.1, 0.15) is 5.92 Å². The Morgan fingerprint density at radius 2 is 2.35 bits per heavy atom. The Kier molecular flexibility index (Phi) is 5.51. The monoisotopic (exact) mass is 251 g/mol. The first-order valence-corrected chi connectivity index (χ1v) is 5.77. The zero-order valence-electron chi connectivity index (χ0n) is 9.65. The molecule has 0 saturated carbocycles. The Balaban J connectivity index is 2.42. The molecular weight excluding hydrogens is 238 g/mol. The first-order chi connectivity index (χ1) is 8.17. The van der Waals surface area contributed by atoms with Crippen LogP contribution in [0.15, 0.2) is 24.3 Å². The highest BCUT2D eigenvalue weighted by molar-refractivity contribution is 6.30. The van der Waals surface area contributed by atoms with Crippen molar-refractivity contribution >= 4 is 17.6 Å². The molecule has 0 aliphatic rings. The van der Waals surface area contributed by atoms with E-state index in [0.717, 1.165) is 18.4 Å². The van der Waals surface area contributed by atoms with Gasteiger partial charge in [-0.15, -0.1) is 0 Å². The SMILES string of the molecule is COC(=O)C(C#N)CCCc1cccc(Cl)c1. The van der Waals surface area contributed by atoms with Crippen LogP contribution in [0.25, 0.3) is 0 Å². The van der Waals surface area contributed by atoms with Gasteiger partial charge in [0.25, 0.3) is 0 Å². The van der Waals surface area contributed by atoms with E-state index in [4.69, 9.17) is 16.9 Å². The minimum atomic E-state index is -0.667. The summed E-state index contributed by atoms with van der Waals surface area (Å²) in [5, 5.41) is 9.50. The zero-order valence-corrected chi connectivity index (χ0v) is 10.4. The van der Waals surface area contributed by atoms with Gasteiger partial charge in [-0.2, -0.15) is 5.26 Å². The molecule has 0 aliphatic heterocycles. The van der Waals surface area contributed by atoms with Crippen LogP contribution in [0.3, 0.4) is 0 Å². The van der Waals surface area contributed by atoms with E-state index >= 15 is 0 Å². The average molecular weight is 252 g/mol. The third kappa shape index (κ3) is 4.46. The maximum atomic E-state index is 11.2. The molecule has 1 aromatic carbocycles. The lowest BCUT2D eigenvalue weighted by Crippen LogP contribution is -2.14. The van der Waals surface area contributed by atoms with Gasteiger partial charge in [0.2, 0.25) is 0 Å². The van der Waals surface area contributed by atoms with E-state index in [9.17, 15) is 4.79 Å². The molecule has 17 heavy (non-hydrogen) atoms. The summed E-state index contributed by atoms with van der Waals surface area (Å²) in [6, 6.07) is 9.52. The lowest BCUT2D eigenvalue weighted by Gasteiger charge is -2.06. The summed E-state index contributed by atoms with van der Waals surface area (Å²) in [7, 11) is 1.30. The van der Waals surface area contributed by atoms with Crippen LogP contribution in [0.1, 0.15) is 18.4 Å². The van der Waals surface area contributed by atoms with Gasteiger partial charge >= 0.3 is 5.97 Å². The number of esters is 1. The quantitative estimate of drug-likeness (QED) is 0.756. The number of carbonyl (C=O) groups is 1. The predicted molar refractivity (Wildman–Crippen MR) is 65.5 cm³/mol. The van der Waals surface area contributed by atoms with E-state index in [1.165, 1.54) is 7.11 Å². The van der Waals surface area contributed by atoms with Gasteiger partial charge in [-0.05, 0) is 37.0 Å². The Labute approximate surface area is 106 Å². The molecule has 0 heterocycles. The molecule has 0 aliphatic carbocycles. The zero-order chi connectivity index (χ0) is 12.7. The maximum absolute atomic E-state index is 11.2. The average Bonchev–Trinajstić information content (AvgIpc) is 2.34. The second-order valence-corrected chi connectivity index (χ2v) is 4.16. The molecular formula is C13H14ClNO2. The van der Waals surface area contributed by atoms with Crippen molar-refractivity contribution in [3.63, 3.8) is 0 Å². The Bertz CT molecular complexity index is 426. The third-order valence-electron chi connectivity index (χ3n) is 2.49. The molecule has 0 radical (unpaired) electrons. The van der Waals surface area contributed by atoms with E-state index < -0.39 is 11.9 Å². The Morgan fingerprint density at radius 3 is 2.94 bits per heavy atom. The van der Waals surface area contributed by atoms with Gasteiger partial charge in [-0.25, -0.2) is 0 Å². The summed E-state index contributed by atoms with van der Waals surface area (Å²) in [4.78, 5) is 11.2. The van der Waals surface area contributed by atoms with Crippen LogP contribution in [0.5, 0.6) is 0 Å². The summed E-state index contributed by atoms with van der Waals surface area (Å²) in [5.41, 5.74) is 1.11. The van der Waals surface area contributed by atoms with Crippen molar-refractivity contribution in [3.8, 4) is 6.07 Å². The lowest BCUT2D eigenvalue weighted by molar-refractivity contribution is -0.143. The number of nitriles is 1. The molecule has 90 valence electrons. The molecule has 0 amide bonds. The molecule has 0 spiro atoms. The molecule has 1 rings (SSSR count). The molecule has 0 N–H and O–H groups in total. The first kappa shape index (κ1) is 13.5. The van der Waals surface area contributed by atoms with Crippen molar-refractivity contribution in [1.82, 2.24) is 0 Å². The Morgan fingerprint density at radius 1 is 1.59 bits per heavy atom. The number of halogens is 1. The van der Waals surface area contributed by atoms with Crippen molar-refractivity contribution in [1.29, 1.82) is 5.26 Å². The van der Waals surface area contributed by atoms with Gasteiger partial charge < -0.3 is 4.74 Å². The van der Waals surface area contributed by atoms with Crippen LogP contribution in [0.4, 0.5) is 0 Å². The standard InChI is InChI=1S/C13H14ClNO2/c1-17-13(16)11(9-15)6-2-4-10-5-3-7-12(14)8-10/h3,5,7-8,11H,2,4,6H2,1H3. The maximum Gasteiger partial charge on any atom is 0.323 e. The Hall–Kier alpha value is -1.53. The van der Waals surface area contributed by atoms with E-state index in [1.807, 2.05) is 30.3 Å². The normalized spacial score (nSPS) is 11.6. The fraction of sp³-hybridized carbons (Fsp3) is 0.385. The minimum Gasteiger partial charge on any atom is -0.468 e. The van der Waals surface area contributed by atoms with Crippen molar-refractivity contribution in [2.24, 2.45) is 5.92 Å². The first-order valence-electron chi connectivity index (χ1n) is 5.39. The second kappa shape index (κ2) is 6.93. The fourth-order valence-electron chi connectivity index (χ4n) is 1.58.